The maximum absolute atomic E-state index is 13.6. The van der Waals surface area contributed by atoms with Gasteiger partial charge < -0.3 is 25.4 Å². The highest BCUT2D eigenvalue weighted by atomic mass is 35.5. The molecule has 0 saturated carbocycles. The first kappa shape index (κ1) is 21.2. The van der Waals surface area contributed by atoms with Gasteiger partial charge in [0.05, 0.1) is 29.4 Å². The lowest BCUT2D eigenvalue weighted by atomic mass is 10.1. The first-order valence-electron chi connectivity index (χ1n) is 10.9. The van der Waals surface area contributed by atoms with E-state index in [9.17, 15) is 4.39 Å². The zero-order valence-corrected chi connectivity index (χ0v) is 18.3. The van der Waals surface area contributed by atoms with Gasteiger partial charge >= 0.3 is 0 Å². The van der Waals surface area contributed by atoms with Crippen LogP contribution >= 0.6 is 11.6 Å². The Balaban J connectivity index is 1.50. The summed E-state index contributed by atoms with van der Waals surface area (Å²) in [5.74, 6) is 0.915. The molecule has 168 valence electrons. The Kier molecular flexibility index (Phi) is 6.25. The molecule has 9 heteroatoms. The van der Waals surface area contributed by atoms with Gasteiger partial charge in [-0.05, 0) is 50.2 Å². The lowest BCUT2D eigenvalue weighted by Gasteiger charge is -2.26. The van der Waals surface area contributed by atoms with E-state index in [0.717, 1.165) is 54.7 Å². The van der Waals surface area contributed by atoms with Crippen molar-refractivity contribution in [1.29, 1.82) is 0 Å². The zero-order valence-electron chi connectivity index (χ0n) is 17.5. The molecule has 32 heavy (non-hydrogen) atoms. The zero-order chi connectivity index (χ0) is 21.9. The number of fused-ring (bicyclic) bond motifs is 1. The number of halogens is 2. The molecule has 3 aromatic rings. The Morgan fingerprint density at radius 2 is 2.00 bits per heavy atom. The molecule has 2 aromatic carbocycles. The van der Waals surface area contributed by atoms with Crippen LogP contribution in [0, 0.1) is 5.82 Å². The van der Waals surface area contributed by atoms with Crippen LogP contribution in [0.15, 0.2) is 36.7 Å². The van der Waals surface area contributed by atoms with E-state index >= 15 is 0 Å². The van der Waals surface area contributed by atoms with E-state index in [1.54, 1.807) is 6.07 Å². The molecule has 0 radical (unpaired) electrons. The minimum absolute atomic E-state index is 0.0295. The van der Waals surface area contributed by atoms with Crippen molar-refractivity contribution in [1.82, 2.24) is 15.3 Å². The molecule has 3 N–H and O–H groups in total. The SMILES string of the molecule is Fc1ccc(Nc2ncnc3cc(OC4CCOC4)c(NC4CCNCC4)cc23)cc1Cl. The summed E-state index contributed by atoms with van der Waals surface area (Å²) in [4.78, 5) is 8.87. The molecule has 0 aliphatic carbocycles. The monoisotopic (exact) mass is 457 g/mol. The molecule has 1 atom stereocenters. The van der Waals surface area contributed by atoms with Crippen molar-refractivity contribution < 1.29 is 13.9 Å². The number of rotatable bonds is 6. The van der Waals surface area contributed by atoms with Crippen molar-refractivity contribution in [3.63, 3.8) is 0 Å². The Labute approximate surface area is 190 Å². The van der Waals surface area contributed by atoms with Crippen LogP contribution < -0.4 is 20.7 Å². The van der Waals surface area contributed by atoms with Crippen molar-refractivity contribution in [2.45, 2.75) is 31.4 Å². The van der Waals surface area contributed by atoms with Crippen LogP contribution in [0.1, 0.15) is 19.3 Å². The summed E-state index contributed by atoms with van der Waals surface area (Å²) in [6.45, 7) is 3.27. The standard InChI is InChI=1S/C23H25ClFN5O2/c24-18-9-15(1-2-19(18)25)30-23-17-10-21(29-14-3-6-26-7-4-14)22(11-20(17)27-13-28-23)32-16-5-8-31-12-16/h1-2,9-11,13-14,16,26,29H,3-8,12H2,(H,27,28,30). The Bertz CT molecular complexity index is 1100. The Hall–Kier alpha value is -2.68. The Morgan fingerprint density at radius 1 is 1.12 bits per heavy atom. The van der Waals surface area contributed by atoms with Crippen molar-refractivity contribution in [3.05, 3.63) is 47.5 Å². The molecule has 5 rings (SSSR count). The fraction of sp³-hybridized carbons (Fsp3) is 0.391. The molecule has 2 fully saturated rings. The number of piperidine rings is 1. The second-order valence-electron chi connectivity index (χ2n) is 8.11. The number of anilines is 3. The second kappa shape index (κ2) is 9.44. The number of hydrogen-bond acceptors (Lipinski definition) is 7. The molecule has 1 aromatic heterocycles. The third kappa shape index (κ3) is 4.72. The third-order valence-electron chi connectivity index (χ3n) is 5.80. The fourth-order valence-electron chi connectivity index (χ4n) is 4.08. The molecule has 7 nitrogen and oxygen atoms in total. The minimum atomic E-state index is -0.462. The number of ether oxygens (including phenoxy) is 2. The van der Waals surface area contributed by atoms with E-state index in [2.05, 4.69) is 25.9 Å². The summed E-state index contributed by atoms with van der Waals surface area (Å²) in [6, 6.07) is 8.82. The number of nitrogens with zero attached hydrogens (tertiary/aromatic N) is 2. The molecule has 0 bridgehead atoms. The van der Waals surface area contributed by atoms with Gasteiger partial charge in [0.15, 0.2) is 0 Å². The van der Waals surface area contributed by atoms with E-state index in [-0.39, 0.29) is 11.1 Å². The highest BCUT2D eigenvalue weighted by Crippen LogP contribution is 2.35. The molecule has 2 aliphatic heterocycles. The molecular formula is C23H25ClFN5O2. The summed E-state index contributed by atoms with van der Waals surface area (Å²) < 4.78 is 25.3. The average molecular weight is 458 g/mol. The predicted octanol–water partition coefficient (Wildman–Crippen LogP) is 4.50. The molecular weight excluding hydrogens is 433 g/mol. The highest BCUT2D eigenvalue weighted by Gasteiger charge is 2.22. The molecule has 0 spiro atoms. The highest BCUT2D eigenvalue weighted by molar-refractivity contribution is 6.31. The van der Waals surface area contributed by atoms with Crippen molar-refractivity contribution >= 4 is 39.7 Å². The quantitative estimate of drug-likeness (QED) is 0.503. The molecule has 2 saturated heterocycles. The predicted molar refractivity (Wildman–Crippen MR) is 124 cm³/mol. The molecule has 0 amide bonds. The summed E-state index contributed by atoms with van der Waals surface area (Å²) in [5.41, 5.74) is 2.31. The van der Waals surface area contributed by atoms with E-state index in [1.807, 2.05) is 12.1 Å². The lowest BCUT2D eigenvalue weighted by Crippen LogP contribution is -2.35. The van der Waals surface area contributed by atoms with Gasteiger partial charge in [0, 0.05) is 29.6 Å². The first-order chi connectivity index (χ1) is 15.7. The van der Waals surface area contributed by atoms with Gasteiger partial charge in [-0.15, -0.1) is 0 Å². The van der Waals surface area contributed by atoms with Crippen LogP contribution in [0.2, 0.25) is 5.02 Å². The van der Waals surface area contributed by atoms with E-state index in [1.165, 1.54) is 18.5 Å². The topological polar surface area (TPSA) is 80.3 Å². The minimum Gasteiger partial charge on any atom is -0.486 e. The van der Waals surface area contributed by atoms with Crippen LogP contribution in [0.3, 0.4) is 0 Å². The van der Waals surface area contributed by atoms with Gasteiger partial charge in [0.2, 0.25) is 0 Å². The van der Waals surface area contributed by atoms with Gasteiger partial charge in [0.1, 0.15) is 29.8 Å². The van der Waals surface area contributed by atoms with Gasteiger partial charge in [-0.25, -0.2) is 14.4 Å². The van der Waals surface area contributed by atoms with E-state index in [4.69, 9.17) is 21.1 Å². The normalized spacial score (nSPS) is 19.2. The number of hydrogen-bond donors (Lipinski definition) is 3. The van der Waals surface area contributed by atoms with Gasteiger partial charge in [0.25, 0.3) is 0 Å². The van der Waals surface area contributed by atoms with Crippen LogP contribution in [0.4, 0.5) is 21.6 Å². The van der Waals surface area contributed by atoms with Gasteiger partial charge in [-0.2, -0.15) is 0 Å². The first-order valence-corrected chi connectivity index (χ1v) is 11.3. The summed E-state index contributed by atoms with van der Waals surface area (Å²) in [5, 5.41) is 11.2. The summed E-state index contributed by atoms with van der Waals surface area (Å²) >= 11 is 5.94. The Morgan fingerprint density at radius 3 is 2.78 bits per heavy atom. The number of benzene rings is 2. The van der Waals surface area contributed by atoms with Crippen molar-refractivity contribution in [2.24, 2.45) is 0 Å². The second-order valence-corrected chi connectivity index (χ2v) is 8.52. The lowest BCUT2D eigenvalue weighted by molar-refractivity contribution is 0.142. The largest absolute Gasteiger partial charge is 0.486 e. The van der Waals surface area contributed by atoms with Crippen LogP contribution in [0.5, 0.6) is 5.75 Å². The number of nitrogens with one attached hydrogen (secondary N) is 3. The third-order valence-corrected chi connectivity index (χ3v) is 6.09. The van der Waals surface area contributed by atoms with Crippen molar-refractivity contribution in [3.8, 4) is 5.75 Å². The van der Waals surface area contributed by atoms with Gasteiger partial charge in [-0.1, -0.05) is 11.6 Å². The molecule has 3 heterocycles. The molecule has 1 unspecified atom stereocenters. The van der Waals surface area contributed by atoms with E-state index in [0.29, 0.717) is 30.8 Å². The maximum atomic E-state index is 13.6. The fourth-order valence-corrected chi connectivity index (χ4v) is 4.26. The maximum Gasteiger partial charge on any atom is 0.145 e. The summed E-state index contributed by atoms with van der Waals surface area (Å²) in [6.07, 6.45) is 4.47. The van der Waals surface area contributed by atoms with E-state index < -0.39 is 5.82 Å². The van der Waals surface area contributed by atoms with Crippen LogP contribution in [-0.4, -0.2) is 48.4 Å². The van der Waals surface area contributed by atoms with Crippen LogP contribution in [-0.2, 0) is 4.74 Å². The molecule has 2 aliphatic rings. The number of aromatic nitrogens is 2. The summed E-state index contributed by atoms with van der Waals surface area (Å²) in [7, 11) is 0. The van der Waals surface area contributed by atoms with Crippen LogP contribution in [0.25, 0.3) is 10.9 Å². The van der Waals surface area contributed by atoms with Crippen molar-refractivity contribution in [2.75, 3.05) is 36.9 Å². The average Bonchev–Trinajstić information content (AvgIpc) is 3.31. The smallest absolute Gasteiger partial charge is 0.145 e. The van der Waals surface area contributed by atoms with Gasteiger partial charge in [-0.3, -0.25) is 0 Å².